The van der Waals surface area contributed by atoms with Crippen molar-refractivity contribution in [2.24, 2.45) is 5.92 Å². The van der Waals surface area contributed by atoms with Crippen molar-refractivity contribution in [2.75, 3.05) is 13.1 Å². The van der Waals surface area contributed by atoms with Gasteiger partial charge in [-0.25, -0.2) is 0 Å². The molecule has 2 amide bonds. The zero-order chi connectivity index (χ0) is 20.6. The molecule has 1 fully saturated rings. The smallest absolute Gasteiger partial charge is 0.225 e. The number of likely N-dealkylation sites (tertiary alicyclic amines) is 1. The average Bonchev–Trinajstić information content (AvgIpc) is 3.09. The van der Waals surface area contributed by atoms with Crippen molar-refractivity contribution in [3.8, 4) is 0 Å². The number of benzene rings is 2. The van der Waals surface area contributed by atoms with E-state index in [1.54, 1.807) is 11.0 Å². The van der Waals surface area contributed by atoms with Gasteiger partial charge < -0.3 is 10.2 Å². The van der Waals surface area contributed by atoms with Crippen molar-refractivity contribution in [1.29, 1.82) is 0 Å². The zero-order valence-corrected chi connectivity index (χ0v) is 16.9. The maximum Gasteiger partial charge on any atom is 0.225 e. The number of carbonyl (C=O) groups is 2. The molecule has 29 heavy (non-hydrogen) atoms. The second-order valence-corrected chi connectivity index (χ2v) is 7.44. The molecule has 0 aliphatic carbocycles. The van der Waals surface area contributed by atoms with Gasteiger partial charge in [0.05, 0.1) is 5.92 Å². The molecular formula is C25H28N2O2. The van der Waals surface area contributed by atoms with Crippen LogP contribution in [0.15, 0.2) is 73.3 Å². The number of rotatable bonds is 8. The first-order chi connectivity index (χ1) is 14.1. The van der Waals surface area contributed by atoms with Crippen LogP contribution in [0.5, 0.6) is 0 Å². The highest BCUT2D eigenvalue weighted by atomic mass is 16.2. The average molecular weight is 389 g/mol. The van der Waals surface area contributed by atoms with E-state index in [2.05, 4.69) is 31.0 Å². The summed E-state index contributed by atoms with van der Waals surface area (Å²) in [6.07, 6.45) is 4.78. The standard InChI is InChI=1S/C25H28N2O2/c1-3-9-21(23-13-8-7-10-19(23)2)14-15-26-25(29)22-16-24(28)27(18-22)17-20-11-5-4-6-12-20/h3-13,22H,1,14-18H2,2H3,(H,26,29)/b21-9-. The molecule has 4 heteroatoms. The quantitative estimate of drug-likeness (QED) is 0.692. The first-order valence-corrected chi connectivity index (χ1v) is 10.1. The molecule has 150 valence electrons. The van der Waals surface area contributed by atoms with Gasteiger partial charge in [-0.15, -0.1) is 0 Å². The second-order valence-electron chi connectivity index (χ2n) is 7.44. The third-order valence-corrected chi connectivity index (χ3v) is 5.31. The lowest BCUT2D eigenvalue weighted by atomic mass is 9.97. The van der Waals surface area contributed by atoms with Gasteiger partial charge in [0.1, 0.15) is 0 Å². The molecular weight excluding hydrogens is 360 g/mol. The molecule has 1 saturated heterocycles. The van der Waals surface area contributed by atoms with Gasteiger partial charge >= 0.3 is 0 Å². The number of aryl methyl sites for hydroxylation is 1. The molecule has 1 heterocycles. The molecule has 0 saturated carbocycles. The van der Waals surface area contributed by atoms with Gasteiger partial charge in [0.15, 0.2) is 0 Å². The fourth-order valence-corrected chi connectivity index (χ4v) is 3.75. The van der Waals surface area contributed by atoms with E-state index >= 15 is 0 Å². The van der Waals surface area contributed by atoms with Gasteiger partial charge in [0, 0.05) is 26.1 Å². The minimum absolute atomic E-state index is 0.0427. The van der Waals surface area contributed by atoms with Crippen LogP contribution in [-0.2, 0) is 16.1 Å². The van der Waals surface area contributed by atoms with Crippen LogP contribution in [0.3, 0.4) is 0 Å². The number of carbonyl (C=O) groups excluding carboxylic acids is 2. The number of allylic oxidation sites excluding steroid dienone is 2. The summed E-state index contributed by atoms with van der Waals surface area (Å²) >= 11 is 0. The van der Waals surface area contributed by atoms with Crippen molar-refractivity contribution in [2.45, 2.75) is 26.3 Å². The van der Waals surface area contributed by atoms with Gasteiger partial charge in [-0.1, -0.05) is 73.3 Å². The van der Waals surface area contributed by atoms with Gasteiger partial charge in [0.2, 0.25) is 11.8 Å². The van der Waals surface area contributed by atoms with Crippen LogP contribution in [0.1, 0.15) is 29.5 Å². The Labute approximate surface area is 172 Å². The molecule has 2 aromatic carbocycles. The van der Waals surface area contributed by atoms with E-state index < -0.39 is 0 Å². The van der Waals surface area contributed by atoms with E-state index in [9.17, 15) is 9.59 Å². The van der Waals surface area contributed by atoms with Crippen LogP contribution in [0.25, 0.3) is 5.57 Å². The van der Waals surface area contributed by atoms with Crippen LogP contribution in [-0.4, -0.2) is 29.8 Å². The fourth-order valence-electron chi connectivity index (χ4n) is 3.75. The third kappa shape index (κ3) is 5.44. The molecule has 1 N–H and O–H groups in total. The molecule has 0 aromatic heterocycles. The molecule has 4 nitrogen and oxygen atoms in total. The number of nitrogens with one attached hydrogen (secondary N) is 1. The summed E-state index contributed by atoms with van der Waals surface area (Å²) in [5.74, 6) is -0.283. The van der Waals surface area contributed by atoms with Crippen LogP contribution in [0, 0.1) is 12.8 Å². The fraction of sp³-hybridized carbons (Fsp3) is 0.280. The van der Waals surface area contributed by atoms with E-state index in [0.717, 1.165) is 17.6 Å². The summed E-state index contributed by atoms with van der Waals surface area (Å²) in [4.78, 5) is 26.7. The first kappa shape index (κ1) is 20.6. The molecule has 0 bridgehead atoms. The second kappa shape index (κ2) is 9.87. The monoisotopic (exact) mass is 388 g/mol. The Bertz CT molecular complexity index is 902. The molecule has 1 aliphatic heterocycles. The van der Waals surface area contributed by atoms with Crippen LogP contribution < -0.4 is 5.32 Å². The van der Waals surface area contributed by atoms with E-state index in [1.807, 2.05) is 48.5 Å². The third-order valence-electron chi connectivity index (χ3n) is 5.31. The predicted molar refractivity (Wildman–Crippen MR) is 117 cm³/mol. The van der Waals surface area contributed by atoms with E-state index in [4.69, 9.17) is 0 Å². The number of hydrogen-bond donors (Lipinski definition) is 1. The maximum absolute atomic E-state index is 12.6. The highest BCUT2D eigenvalue weighted by Crippen LogP contribution is 2.23. The Balaban J connectivity index is 1.53. The van der Waals surface area contributed by atoms with Gasteiger partial charge in [0.25, 0.3) is 0 Å². The number of hydrogen-bond acceptors (Lipinski definition) is 2. The van der Waals surface area contributed by atoms with E-state index in [-0.39, 0.29) is 24.2 Å². The summed E-state index contributed by atoms with van der Waals surface area (Å²) in [7, 11) is 0. The highest BCUT2D eigenvalue weighted by molar-refractivity contribution is 5.89. The Kier molecular flexibility index (Phi) is 7.01. The molecule has 0 radical (unpaired) electrons. The van der Waals surface area contributed by atoms with Crippen molar-refractivity contribution >= 4 is 17.4 Å². The number of amides is 2. The highest BCUT2D eigenvalue weighted by Gasteiger charge is 2.34. The molecule has 1 unspecified atom stereocenters. The van der Waals surface area contributed by atoms with E-state index in [0.29, 0.717) is 19.6 Å². The maximum atomic E-state index is 12.6. The minimum atomic E-state index is -0.281. The van der Waals surface area contributed by atoms with Crippen LogP contribution in [0.2, 0.25) is 0 Å². The minimum Gasteiger partial charge on any atom is -0.355 e. The summed E-state index contributed by atoms with van der Waals surface area (Å²) in [5, 5.41) is 3.01. The Morgan fingerprint density at radius 2 is 1.90 bits per heavy atom. The van der Waals surface area contributed by atoms with Crippen molar-refractivity contribution in [3.63, 3.8) is 0 Å². The zero-order valence-electron chi connectivity index (χ0n) is 16.9. The lowest BCUT2D eigenvalue weighted by Gasteiger charge is -2.17. The van der Waals surface area contributed by atoms with Crippen molar-refractivity contribution in [3.05, 3.63) is 90.0 Å². The van der Waals surface area contributed by atoms with Gasteiger partial charge in [-0.05, 0) is 35.6 Å². The SMILES string of the molecule is C=C/C=C(/CCNC(=O)C1CC(=O)N(Cc2ccccc2)C1)c1ccccc1C. The lowest BCUT2D eigenvalue weighted by molar-refractivity contribution is -0.129. The lowest BCUT2D eigenvalue weighted by Crippen LogP contribution is -2.33. The van der Waals surface area contributed by atoms with Gasteiger partial charge in [-0.2, -0.15) is 0 Å². The molecule has 0 spiro atoms. The van der Waals surface area contributed by atoms with E-state index in [1.165, 1.54) is 11.1 Å². The van der Waals surface area contributed by atoms with Crippen LogP contribution in [0.4, 0.5) is 0 Å². The molecule has 2 aromatic rings. The summed E-state index contributed by atoms with van der Waals surface area (Å²) in [6, 6.07) is 18.1. The molecule has 1 atom stereocenters. The Hall–Kier alpha value is -3.14. The predicted octanol–water partition coefficient (Wildman–Crippen LogP) is 4.12. The van der Waals surface area contributed by atoms with Gasteiger partial charge in [-0.3, -0.25) is 9.59 Å². The van der Waals surface area contributed by atoms with Crippen LogP contribution >= 0.6 is 0 Å². The van der Waals surface area contributed by atoms with Crippen molar-refractivity contribution in [1.82, 2.24) is 10.2 Å². The largest absolute Gasteiger partial charge is 0.355 e. The summed E-state index contributed by atoms with van der Waals surface area (Å²) < 4.78 is 0. The molecule has 3 rings (SSSR count). The Morgan fingerprint density at radius 1 is 1.17 bits per heavy atom. The number of nitrogens with zero attached hydrogens (tertiary/aromatic N) is 1. The summed E-state index contributed by atoms with van der Waals surface area (Å²) in [5.41, 5.74) is 4.60. The Morgan fingerprint density at radius 3 is 2.62 bits per heavy atom. The topological polar surface area (TPSA) is 49.4 Å². The first-order valence-electron chi connectivity index (χ1n) is 10.1. The van der Waals surface area contributed by atoms with Crippen molar-refractivity contribution < 1.29 is 9.59 Å². The summed E-state index contributed by atoms with van der Waals surface area (Å²) in [6.45, 7) is 7.46. The molecule has 1 aliphatic rings. The normalized spacial score (nSPS) is 16.7.